The van der Waals surface area contributed by atoms with Crippen LogP contribution in [0.3, 0.4) is 0 Å². The van der Waals surface area contributed by atoms with Crippen molar-refractivity contribution in [2.45, 2.75) is 34.6 Å². The number of aryl methyl sites for hydroxylation is 5. The Morgan fingerprint density at radius 3 is 1.51 bits per heavy atom. The van der Waals surface area contributed by atoms with Gasteiger partial charge in [-0.2, -0.15) is 0 Å². The molecule has 5 heteroatoms. The number of fused-ring (bicyclic) bond motifs is 6. The van der Waals surface area contributed by atoms with Crippen molar-refractivity contribution in [1.82, 2.24) is 24.1 Å². The quantitative estimate of drug-likeness (QED) is 0.194. The maximum Gasteiger partial charge on any atom is 0.163 e. The van der Waals surface area contributed by atoms with Gasteiger partial charge in [-0.05, 0) is 101 Å². The molecule has 0 N–H and O–H groups in total. The molecule has 0 saturated carbocycles. The molecule has 5 nitrogen and oxygen atoms in total. The highest BCUT2D eigenvalue weighted by atomic mass is 15.0. The first-order valence-electron chi connectivity index (χ1n) is 16.8. The Morgan fingerprint density at radius 1 is 0.388 bits per heavy atom. The van der Waals surface area contributed by atoms with Crippen LogP contribution in [-0.4, -0.2) is 24.1 Å². The summed E-state index contributed by atoms with van der Waals surface area (Å²) < 4.78 is 4.86. The fourth-order valence-electron chi connectivity index (χ4n) is 7.58. The molecule has 9 aromatic rings. The van der Waals surface area contributed by atoms with Crippen LogP contribution in [0.2, 0.25) is 0 Å². The summed E-state index contributed by atoms with van der Waals surface area (Å²) in [7, 11) is 0. The number of nitrogens with zero attached hydrogens (tertiary/aromatic N) is 5. The lowest BCUT2D eigenvalue weighted by atomic mass is 9.97. The van der Waals surface area contributed by atoms with Gasteiger partial charge in [0.05, 0.1) is 33.4 Å². The van der Waals surface area contributed by atoms with Crippen molar-refractivity contribution in [3.05, 3.63) is 150 Å². The summed E-state index contributed by atoms with van der Waals surface area (Å²) in [5.41, 5.74) is 13.8. The molecule has 49 heavy (non-hydrogen) atoms. The molecule has 3 aromatic heterocycles. The number of hydrogen-bond acceptors (Lipinski definition) is 3. The van der Waals surface area contributed by atoms with Crippen LogP contribution in [0.4, 0.5) is 0 Å². The first-order valence-corrected chi connectivity index (χ1v) is 16.8. The van der Waals surface area contributed by atoms with Crippen LogP contribution in [0.25, 0.3) is 77.5 Å². The molecule has 0 bridgehead atoms. The lowest BCUT2D eigenvalue weighted by Gasteiger charge is -2.20. The van der Waals surface area contributed by atoms with E-state index in [0.717, 1.165) is 28.1 Å². The van der Waals surface area contributed by atoms with E-state index in [1.54, 1.807) is 0 Å². The van der Waals surface area contributed by atoms with Gasteiger partial charge in [-0.15, -0.1) is 0 Å². The molecule has 3 heterocycles. The zero-order valence-corrected chi connectivity index (χ0v) is 28.3. The molecule has 0 radical (unpaired) electrons. The monoisotopic (exact) mass is 633 g/mol. The molecule has 0 aliphatic carbocycles. The van der Waals surface area contributed by atoms with Crippen molar-refractivity contribution < 1.29 is 0 Å². The summed E-state index contributed by atoms with van der Waals surface area (Å²) >= 11 is 0. The molecule has 0 fully saturated rings. The van der Waals surface area contributed by atoms with E-state index in [9.17, 15) is 0 Å². The Kier molecular flexibility index (Phi) is 6.53. The van der Waals surface area contributed by atoms with Crippen LogP contribution in [-0.2, 0) is 0 Å². The first-order chi connectivity index (χ1) is 23.8. The van der Waals surface area contributed by atoms with Crippen molar-refractivity contribution in [2.24, 2.45) is 0 Å². The summed E-state index contributed by atoms with van der Waals surface area (Å²) in [6, 6.07) is 44.5. The second kappa shape index (κ2) is 11.0. The van der Waals surface area contributed by atoms with Gasteiger partial charge in [0, 0.05) is 38.2 Å². The number of benzene rings is 6. The normalized spacial score (nSPS) is 11.8. The van der Waals surface area contributed by atoms with Gasteiger partial charge < -0.3 is 9.13 Å². The van der Waals surface area contributed by atoms with Gasteiger partial charge in [0.2, 0.25) is 0 Å². The average Bonchev–Trinajstić information content (AvgIpc) is 3.59. The second-order valence-electron chi connectivity index (χ2n) is 13.3. The van der Waals surface area contributed by atoms with E-state index < -0.39 is 0 Å². The van der Waals surface area contributed by atoms with Gasteiger partial charge in [0.1, 0.15) is 11.6 Å². The predicted molar refractivity (Wildman–Crippen MR) is 203 cm³/mol. The summed E-state index contributed by atoms with van der Waals surface area (Å²) in [4.78, 5) is 14.0. The highest BCUT2D eigenvalue weighted by Crippen LogP contribution is 2.42. The van der Waals surface area contributed by atoms with Crippen LogP contribution in [0.15, 0.2) is 121 Å². The molecule has 6 aromatic carbocycles. The smallest absolute Gasteiger partial charge is 0.163 e. The standard InChI is InChI=1S/C44H35N5/c1-26-15-19-40-35(22-26)32-10-6-8-12-38(32)48(40)42-21-17-31(44-46-29(4)45-30(5)47-44)25-37(42)34-18-14-28(3)24-43(34)49-39-13-9-7-11-33(39)36-23-27(2)16-20-41(36)49/h6-25H,1-5H3. The van der Waals surface area contributed by atoms with E-state index in [0.29, 0.717) is 17.5 Å². The van der Waals surface area contributed by atoms with Crippen molar-refractivity contribution >= 4 is 43.6 Å². The third-order valence-corrected chi connectivity index (χ3v) is 9.70. The highest BCUT2D eigenvalue weighted by Gasteiger charge is 2.22. The topological polar surface area (TPSA) is 48.5 Å². The van der Waals surface area contributed by atoms with Gasteiger partial charge in [0.15, 0.2) is 5.82 Å². The third kappa shape index (κ3) is 4.65. The van der Waals surface area contributed by atoms with E-state index >= 15 is 0 Å². The SMILES string of the molecule is Cc1ccc(-c2cc(-c3nc(C)nc(C)n3)ccc2-n2c3ccccc3c3cc(C)ccc32)c(-n2c3ccccc3c3cc(C)ccc32)c1. The Labute approximate surface area is 285 Å². The molecule has 0 aliphatic heterocycles. The van der Waals surface area contributed by atoms with E-state index in [2.05, 4.69) is 156 Å². The van der Waals surface area contributed by atoms with Crippen LogP contribution in [0, 0.1) is 34.6 Å². The van der Waals surface area contributed by atoms with Gasteiger partial charge in [-0.3, -0.25) is 0 Å². The number of para-hydroxylation sites is 2. The fraction of sp³-hybridized carbons (Fsp3) is 0.114. The van der Waals surface area contributed by atoms with Crippen LogP contribution in [0.1, 0.15) is 28.3 Å². The fourth-order valence-corrected chi connectivity index (χ4v) is 7.58. The van der Waals surface area contributed by atoms with Crippen molar-refractivity contribution in [3.63, 3.8) is 0 Å². The average molecular weight is 634 g/mol. The molecular formula is C44H35N5. The van der Waals surface area contributed by atoms with Gasteiger partial charge >= 0.3 is 0 Å². The van der Waals surface area contributed by atoms with Gasteiger partial charge in [0.25, 0.3) is 0 Å². The largest absolute Gasteiger partial charge is 0.309 e. The zero-order chi connectivity index (χ0) is 33.4. The summed E-state index contributed by atoms with van der Waals surface area (Å²) in [6.45, 7) is 10.4. The number of hydrogen-bond donors (Lipinski definition) is 0. The van der Waals surface area contributed by atoms with E-state index in [1.165, 1.54) is 60.3 Å². The minimum Gasteiger partial charge on any atom is -0.309 e. The Balaban J connectivity index is 1.42. The number of aromatic nitrogens is 5. The van der Waals surface area contributed by atoms with E-state index in [1.807, 2.05) is 13.8 Å². The molecule has 0 atom stereocenters. The second-order valence-corrected chi connectivity index (χ2v) is 13.3. The molecular weight excluding hydrogens is 599 g/mol. The van der Waals surface area contributed by atoms with E-state index in [4.69, 9.17) is 9.97 Å². The lowest BCUT2D eigenvalue weighted by Crippen LogP contribution is -2.03. The predicted octanol–water partition coefficient (Wildman–Crippen LogP) is 10.9. The molecule has 0 saturated heterocycles. The van der Waals surface area contributed by atoms with Crippen LogP contribution in [0.5, 0.6) is 0 Å². The van der Waals surface area contributed by atoms with Crippen molar-refractivity contribution in [1.29, 1.82) is 0 Å². The molecule has 0 amide bonds. The van der Waals surface area contributed by atoms with E-state index in [-0.39, 0.29) is 0 Å². The third-order valence-electron chi connectivity index (χ3n) is 9.70. The minimum absolute atomic E-state index is 0.677. The summed E-state index contributed by atoms with van der Waals surface area (Å²) in [5, 5.41) is 4.99. The molecule has 236 valence electrons. The first kappa shape index (κ1) is 29.1. The van der Waals surface area contributed by atoms with Crippen LogP contribution >= 0.6 is 0 Å². The van der Waals surface area contributed by atoms with Crippen molar-refractivity contribution in [2.75, 3.05) is 0 Å². The highest BCUT2D eigenvalue weighted by molar-refractivity contribution is 6.11. The van der Waals surface area contributed by atoms with Gasteiger partial charge in [-0.1, -0.05) is 71.8 Å². The lowest BCUT2D eigenvalue weighted by molar-refractivity contribution is 0.928. The maximum atomic E-state index is 4.78. The van der Waals surface area contributed by atoms with Crippen molar-refractivity contribution in [3.8, 4) is 33.9 Å². The summed E-state index contributed by atoms with van der Waals surface area (Å²) in [5.74, 6) is 2.10. The molecule has 0 aliphatic rings. The Morgan fingerprint density at radius 2 is 0.898 bits per heavy atom. The summed E-state index contributed by atoms with van der Waals surface area (Å²) in [6.07, 6.45) is 0. The molecule has 9 rings (SSSR count). The zero-order valence-electron chi connectivity index (χ0n) is 28.3. The number of rotatable bonds is 4. The Bertz CT molecular complexity index is 2760. The maximum absolute atomic E-state index is 4.78. The molecule has 0 spiro atoms. The van der Waals surface area contributed by atoms with Crippen LogP contribution < -0.4 is 0 Å². The minimum atomic E-state index is 0.677. The Hall–Kier alpha value is -6.07. The van der Waals surface area contributed by atoms with Gasteiger partial charge in [-0.25, -0.2) is 15.0 Å². The molecule has 0 unspecified atom stereocenters.